The van der Waals surface area contributed by atoms with Crippen LogP contribution in [0.5, 0.6) is 0 Å². The smallest absolute Gasteiger partial charge is 0.237 e. The number of aromatic nitrogens is 2. The molecule has 0 fully saturated rings. The van der Waals surface area contributed by atoms with Gasteiger partial charge in [0.05, 0.1) is 38.8 Å². The van der Waals surface area contributed by atoms with Gasteiger partial charge in [-0.15, -0.1) is 24.8 Å². The van der Waals surface area contributed by atoms with Gasteiger partial charge in [0.25, 0.3) is 0 Å². The van der Waals surface area contributed by atoms with Crippen LogP contribution >= 0.6 is 24.8 Å². The van der Waals surface area contributed by atoms with Gasteiger partial charge in [-0.1, -0.05) is 71.1 Å². The first-order valence-corrected chi connectivity index (χ1v) is 13.6. The van der Waals surface area contributed by atoms with E-state index in [2.05, 4.69) is 27.5 Å². The van der Waals surface area contributed by atoms with Gasteiger partial charge in [0.15, 0.2) is 0 Å². The zero-order valence-electron chi connectivity index (χ0n) is 22.6. The molecule has 1 rings (SSSR count). The number of hydrogen-bond acceptors (Lipinski definition) is 6. The third-order valence-electron chi connectivity index (χ3n) is 5.83. The van der Waals surface area contributed by atoms with E-state index in [1.807, 2.05) is 0 Å². The first kappa shape index (κ1) is 37.8. The number of unbranched alkanes of at least 4 members (excludes halogenated alkanes) is 10. The molecule has 0 aliphatic rings. The lowest BCUT2D eigenvalue weighted by Gasteiger charge is -2.11. The number of nitrogens with zero attached hydrogens (tertiary/aromatic N) is 1. The fourth-order valence-electron chi connectivity index (χ4n) is 3.73. The van der Waals surface area contributed by atoms with E-state index >= 15 is 0 Å². The highest BCUT2D eigenvalue weighted by Gasteiger charge is 2.14. The number of rotatable bonds is 24. The Labute approximate surface area is 236 Å². The second-order valence-corrected chi connectivity index (χ2v) is 9.04. The van der Waals surface area contributed by atoms with Crippen molar-refractivity contribution in [1.29, 1.82) is 0 Å². The normalized spacial score (nSPS) is 11.3. The van der Waals surface area contributed by atoms with Crippen LogP contribution in [0.15, 0.2) is 12.5 Å². The maximum absolute atomic E-state index is 11.9. The topological polar surface area (TPSA) is 131 Å². The minimum absolute atomic E-state index is 0. The van der Waals surface area contributed by atoms with Crippen molar-refractivity contribution < 1.29 is 19.1 Å². The molecule has 1 aromatic rings. The number of H-pyrrole nitrogens is 1. The molecule has 1 heterocycles. The van der Waals surface area contributed by atoms with E-state index in [0.29, 0.717) is 52.4 Å². The highest BCUT2D eigenvalue weighted by atomic mass is 35.5. The third-order valence-corrected chi connectivity index (χ3v) is 5.83. The lowest BCUT2D eigenvalue weighted by Crippen LogP contribution is -2.43. The van der Waals surface area contributed by atoms with Crippen molar-refractivity contribution in [2.45, 2.75) is 96.4 Å². The van der Waals surface area contributed by atoms with Gasteiger partial charge in [-0.25, -0.2) is 4.98 Å². The Kier molecular flexibility index (Phi) is 28.2. The lowest BCUT2D eigenvalue weighted by atomic mass is 10.1. The van der Waals surface area contributed by atoms with E-state index in [-0.39, 0.29) is 36.6 Å². The Bertz CT molecular complexity index is 638. The molecule has 11 heteroatoms. The second-order valence-electron chi connectivity index (χ2n) is 9.04. The first-order valence-electron chi connectivity index (χ1n) is 13.6. The molecular weight excluding hydrogens is 517 g/mol. The summed E-state index contributed by atoms with van der Waals surface area (Å²) in [6.07, 6.45) is 18.3. The molecular formula is C26H51Cl2N5O4. The first-order chi connectivity index (χ1) is 17.1. The van der Waals surface area contributed by atoms with Crippen LogP contribution in [-0.2, 0) is 25.5 Å². The third kappa shape index (κ3) is 23.5. The molecule has 0 radical (unpaired) electrons. The number of nitrogens with two attached hydrogens (primary N) is 1. The van der Waals surface area contributed by atoms with Gasteiger partial charge in [0, 0.05) is 37.8 Å². The summed E-state index contributed by atoms with van der Waals surface area (Å²) >= 11 is 0. The maximum atomic E-state index is 11.9. The minimum atomic E-state index is -0.621. The molecule has 0 saturated carbocycles. The molecule has 1 atom stereocenters. The number of imidazole rings is 1. The molecule has 0 aliphatic carbocycles. The maximum Gasteiger partial charge on any atom is 0.237 e. The van der Waals surface area contributed by atoms with Crippen molar-refractivity contribution in [1.82, 2.24) is 20.6 Å². The van der Waals surface area contributed by atoms with Gasteiger partial charge >= 0.3 is 0 Å². The molecule has 37 heavy (non-hydrogen) atoms. The van der Waals surface area contributed by atoms with Crippen molar-refractivity contribution in [2.24, 2.45) is 5.73 Å². The van der Waals surface area contributed by atoms with E-state index in [1.165, 1.54) is 57.8 Å². The predicted octanol–water partition coefficient (Wildman–Crippen LogP) is 4.09. The molecule has 0 bridgehead atoms. The predicted molar refractivity (Wildman–Crippen MR) is 153 cm³/mol. The van der Waals surface area contributed by atoms with Gasteiger partial charge in [0.2, 0.25) is 11.8 Å². The Morgan fingerprint density at radius 3 is 1.95 bits per heavy atom. The summed E-state index contributed by atoms with van der Waals surface area (Å²) in [4.78, 5) is 30.6. The summed E-state index contributed by atoms with van der Waals surface area (Å²) in [5, 5.41) is 5.65. The summed E-state index contributed by atoms with van der Waals surface area (Å²) in [5.41, 5.74) is 6.69. The van der Waals surface area contributed by atoms with E-state index in [9.17, 15) is 9.59 Å². The second kappa shape index (κ2) is 27.6. The van der Waals surface area contributed by atoms with Crippen LogP contribution in [0.25, 0.3) is 0 Å². The van der Waals surface area contributed by atoms with Crippen LogP contribution < -0.4 is 16.4 Å². The van der Waals surface area contributed by atoms with Gasteiger partial charge < -0.3 is 30.8 Å². The molecule has 0 unspecified atom stereocenters. The molecule has 1 aromatic heterocycles. The Morgan fingerprint density at radius 1 is 0.865 bits per heavy atom. The monoisotopic (exact) mass is 567 g/mol. The van der Waals surface area contributed by atoms with Crippen molar-refractivity contribution in [2.75, 3.05) is 39.5 Å². The number of amides is 2. The highest BCUT2D eigenvalue weighted by molar-refractivity contribution is 5.85. The molecule has 0 aromatic carbocycles. The molecule has 2 amide bonds. The van der Waals surface area contributed by atoms with Gasteiger partial charge in [0.1, 0.15) is 0 Å². The van der Waals surface area contributed by atoms with Crippen LogP contribution in [0, 0.1) is 0 Å². The zero-order chi connectivity index (χ0) is 25.4. The standard InChI is InChI=1S/C26H49N5O4.2ClH/c1-2-3-4-5-6-7-8-9-10-11-12-13-25(32)29-14-16-34-18-19-35-17-15-30-26(33)24(27)20-23-21-28-22-31-23;;/h21-22,24H,2-20,27H2,1H3,(H,28,31)(H,29,32)(H,30,33);2*1H/t24-;;/m0../s1. The average molecular weight is 569 g/mol. The van der Waals surface area contributed by atoms with Crippen molar-refractivity contribution >= 4 is 36.6 Å². The number of carbonyl (C=O) groups is 2. The molecule has 0 aliphatic heterocycles. The average Bonchev–Trinajstić information content (AvgIpc) is 3.36. The molecule has 0 saturated heterocycles. The number of hydrogen-bond donors (Lipinski definition) is 4. The Morgan fingerprint density at radius 2 is 1.41 bits per heavy atom. The molecule has 9 nitrogen and oxygen atoms in total. The van der Waals surface area contributed by atoms with Crippen molar-refractivity contribution in [3.8, 4) is 0 Å². The van der Waals surface area contributed by atoms with Crippen LogP contribution in [0.4, 0.5) is 0 Å². The highest BCUT2D eigenvalue weighted by Crippen LogP contribution is 2.11. The van der Waals surface area contributed by atoms with Crippen LogP contribution in [-0.4, -0.2) is 67.3 Å². The summed E-state index contributed by atoms with van der Waals surface area (Å²) in [5.74, 6) is -0.120. The number of halogens is 2. The van der Waals surface area contributed by atoms with Crippen molar-refractivity contribution in [3.63, 3.8) is 0 Å². The summed E-state index contributed by atoms with van der Waals surface area (Å²) < 4.78 is 10.9. The van der Waals surface area contributed by atoms with Crippen LogP contribution in [0.3, 0.4) is 0 Å². The Balaban J connectivity index is 0. The van der Waals surface area contributed by atoms with E-state index in [4.69, 9.17) is 15.2 Å². The number of carbonyl (C=O) groups excluding carboxylic acids is 2. The summed E-state index contributed by atoms with van der Waals surface area (Å²) in [7, 11) is 0. The molecule has 0 spiro atoms. The SMILES string of the molecule is CCCCCCCCCCCCCC(=O)NCCOCCOCCNC(=O)[C@@H](N)Cc1cnc[nH]1.Cl.Cl. The van der Waals surface area contributed by atoms with Crippen LogP contribution in [0.2, 0.25) is 0 Å². The molecule has 5 N–H and O–H groups in total. The molecule has 218 valence electrons. The number of aromatic amines is 1. The number of ether oxygens (including phenoxy) is 2. The number of nitrogens with one attached hydrogen (secondary N) is 3. The quantitative estimate of drug-likeness (QED) is 0.139. The summed E-state index contributed by atoms with van der Waals surface area (Å²) in [6, 6.07) is -0.621. The van der Waals surface area contributed by atoms with Gasteiger partial charge in [-0.2, -0.15) is 0 Å². The van der Waals surface area contributed by atoms with E-state index in [1.54, 1.807) is 12.5 Å². The largest absolute Gasteiger partial charge is 0.377 e. The van der Waals surface area contributed by atoms with E-state index < -0.39 is 6.04 Å². The summed E-state index contributed by atoms with van der Waals surface area (Å²) in [6.45, 7) is 4.90. The fourth-order valence-corrected chi connectivity index (χ4v) is 3.73. The minimum Gasteiger partial charge on any atom is -0.377 e. The Hall–Kier alpha value is -1.39. The van der Waals surface area contributed by atoms with Gasteiger partial charge in [-0.3, -0.25) is 9.59 Å². The zero-order valence-corrected chi connectivity index (χ0v) is 24.3. The van der Waals surface area contributed by atoms with Crippen molar-refractivity contribution in [3.05, 3.63) is 18.2 Å². The fraction of sp³-hybridized carbons (Fsp3) is 0.808. The van der Waals surface area contributed by atoms with E-state index in [0.717, 1.165) is 18.5 Å². The van der Waals surface area contributed by atoms with Gasteiger partial charge in [-0.05, 0) is 6.42 Å². The van der Waals surface area contributed by atoms with Crippen LogP contribution in [0.1, 0.15) is 89.7 Å². The lowest BCUT2D eigenvalue weighted by molar-refractivity contribution is -0.123.